The van der Waals surface area contributed by atoms with Crippen LogP contribution in [0.2, 0.25) is 0 Å². The van der Waals surface area contributed by atoms with Gasteiger partial charge in [0, 0.05) is 17.3 Å². The molecule has 3 rings (SSSR count). The number of hydrogen-bond donors (Lipinski definition) is 1. The Morgan fingerprint density at radius 2 is 1.79 bits per heavy atom. The summed E-state index contributed by atoms with van der Waals surface area (Å²) in [5.74, 6) is -1.73. The summed E-state index contributed by atoms with van der Waals surface area (Å²) in [5.41, 5.74) is 1.39. The van der Waals surface area contributed by atoms with Gasteiger partial charge >= 0.3 is 0 Å². The lowest BCUT2D eigenvalue weighted by Gasteiger charge is -2.11. The van der Waals surface area contributed by atoms with Gasteiger partial charge < -0.3 is 9.84 Å². The smallest absolute Gasteiger partial charge is 0.249 e. The fraction of sp³-hybridized carbons (Fsp3) is 0.176. The van der Waals surface area contributed by atoms with Gasteiger partial charge in [0.15, 0.2) is 11.6 Å². The summed E-state index contributed by atoms with van der Waals surface area (Å²) in [4.78, 5) is 4.21. The molecule has 0 saturated carbocycles. The number of hydrogen-bond acceptors (Lipinski definition) is 4. The maximum absolute atomic E-state index is 13.6. The van der Waals surface area contributed by atoms with Gasteiger partial charge in [-0.1, -0.05) is 17.3 Å². The second kappa shape index (κ2) is 6.35. The minimum absolute atomic E-state index is 0.246. The van der Waals surface area contributed by atoms with Crippen LogP contribution in [0.4, 0.5) is 18.9 Å². The number of aryl methyl sites for hydroxylation is 1. The third-order valence-electron chi connectivity index (χ3n) is 3.54. The van der Waals surface area contributed by atoms with Crippen molar-refractivity contribution in [2.24, 2.45) is 0 Å². The molecule has 1 N–H and O–H groups in total. The molecule has 0 fully saturated rings. The van der Waals surface area contributed by atoms with E-state index < -0.39 is 17.7 Å². The zero-order valence-corrected chi connectivity index (χ0v) is 13.0. The molecule has 0 aliphatic carbocycles. The third kappa shape index (κ3) is 3.24. The van der Waals surface area contributed by atoms with E-state index in [1.54, 1.807) is 26.0 Å². The predicted octanol–water partition coefficient (Wildman–Crippen LogP) is 4.64. The molecule has 7 heteroatoms. The molecule has 0 aliphatic rings. The van der Waals surface area contributed by atoms with Crippen LogP contribution in [0, 0.1) is 24.4 Å². The van der Waals surface area contributed by atoms with Crippen LogP contribution in [0.15, 0.2) is 40.9 Å². The van der Waals surface area contributed by atoms with Gasteiger partial charge in [0.25, 0.3) is 0 Å². The summed E-state index contributed by atoms with van der Waals surface area (Å²) in [6.45, 7) is 3.39. The normalized spacial score (nSPS) is 12.2. The van der Waals surface area contributed by atoms with E-state index in [-0.39, 0.29) is 17.5 Å². The number of halogens is 3. The largest absolute Gasteiger partial charge is 0.374 e. The van der Waals surface area contributed by atoms with E-state index in [0.717, 1.165) is 12.1 Å². The highest BCUT2D eigenvalue weighted by molar-refractivity contribution is 5.55. The van der Waals surface area contributed by atoms with Crippen molar-refractivity contribution in [3.05, 3.63) is 65.3 Å². The van der Waals surface area contributed by atoms with Crippen LogP contribution >= 0.6 is 0 Å². The van der Waals surface area contributed by atoms with Crippen LogP contribution in [0.1, 0.15) is 24.4 Å². The molecule has 0 aliphatic heterocycles. The Balaban J connectivity index is 1.79. The Morgan fingerprint density at radius 1 is 1.00 bits per heavy atom. The second-order valence-corrected chi connectivity index (χ2v) is 5.42. The standard InChI is InChI=1S/C17H14F3N3O/c1-9-3-4-11(7-14(9)19)16-22-17(24-23-16)10(2)21-12-5-6-13(18)15(20)8-12/h3-8,10,21H,1-2H3. The molecule has 1 unspecified atom stereocenters. The first-order valence-corrected chi connectivity index (χ1v) is 7.26. The van der Waals surface area contributed by atoms with Crippen molar-refractivity contribution in [3.8, 4) is 11.4 Å². The van der Waals surface area contributed by atoms with Gasteiger partial charge in [0.2, 0.25) is 11.7 Å². The average molecular weight is 333 g/mol. The Morgan fingerprint density at radius 3 is 2.50 bits per heavy atom. The van der Waals surface area contributed by atoms with Gasteiger partial charge in [0.1, 0.15) is 11.9 Å². The first-order valence-electron chi connectivity index (χ1n) is 7.26. The lowest BCUT2D eigenvalue weighted by atomic mass is 10.1. The molecule has 24 heavy (non-hydrogen) atoms. The zero-order chi connectivity index (χ0) is 17.3. The molecule has 0 spiro atoms. The van der Waals surface area contributed by atoms with Crippen LogP contribution in [0.3, 0.4) is 0 Å². The fourth-order valence-electron chi connectivity index (χ4n) is 2.16. The highest BCUT2D eigenvalue weighted by Gasteiger charge is 2.16. The number of anilines is 1. The van der Waals surface area contributed by atoms with Crippen molar-refractivity contribution in [1.29, 1.82) is 0 Å². The van der Waals surface area contributed by atoms with Crippen LogP contribution in [-0.2, 0) is 0 Å². The maximum atomic E-state index is 13.6. The van der Waals surface area contributed by atoms with Gasteiger partial charge in [-0.3, -0.25) is 0 Å². The van der Waals surface area contributed by atoms with Gasteiger partial charge in [0.05, 0.1) is 0 Å². The molecule has 0 radical (unpaired) electrons. The highest BCUT2D eigenvalue weighted by Crippen LogP contribution is 2.23. The predicted molar refractivity (Wildman–Crippen MR) is 82.8 cm³/mol. The van der Waals surface area contributed by atoms with Crippen molar-refractivity contribution in [1.82, 2.24) is 10.1 Å². The van der Waals surface area contributed by atoms with E-state index in [0.29, 0.717) is 16.8 Å². The second-order valence-electron chi connectivity index (χ2n) is 5.42. The van der Waals surface area contributed by atoms with Gasteiger partial charge in [-0.2, -0.15) is 4.98 Å². The molecule has 4 nitrogen and oxygen atoms in total. The highest BCUT2D eigenvalue weighted by atomic mass is 19.2. The molecular formula is C17H14F3N3O. The van der Waals surface area contributed by atoms with Crippen LogP contribution in [-0.4, -0.2) is 10.1 Å². The lowest BCUT2D eigenvalue weighted by molar-refractivity contribution is 0.368. The molecule has 0 bridgehead atoms. The molecule has 0 amide bonds. The van der Waals surface area contributed by atoms with E-state index in [1.807, 2.05) is 0 Å². The number of rotatable bonds is 4. The maximum Gasteiger partial charge on any atom is 0.249 e. The molecule has 124 valence electrons. The molecule has 2 aromatic carbocycles. The summed E-state index contributed by atoms with van der Waals surface area (Å²) in [7, 11) is 0. The summed E-state index contributed by atoms with van der Waals surface area (Å²) in [6, 6.07) is 7.69. The topological polar surface area (TPSA) is 51.0 Å². The Bertz CT molecular complexity index is 879. The van der Waals surface area contributed by atoms with E-state index in [9.17, 15) is 13.2 Å². The van der Waals surface area contributed by atoms with Crippen molar-refractivity contribution >= 4 is 5.69 Å². The minimum atomic E-state index is -0.950. The van der Waals surface area contributed by atoms with Crippen molar-refractivity contribution in [2.75, 3.05) is 5.32 Å². The molecule has 1 heterocycles. The average Bonchev–Trinajstić information content (AvgIpc) is 3.04. The number of nitrogens with one attached hydrogen (secondary N) is 1. The Hall–Kier alpha value is -2.83. The van der Waals surface area contributed by atoms with Crippen LogP contribution < -0.4 is 5.32 Å². The summed E-state index contributed by atoms with van der Waals surface area (Å²) >= 11 is 0. The van der Waals surface area contributed by atoms with E-state index in [2.05, 4.69) is 15.5 Å². The quantitative estimate of drug-likeness (QED) is 0.756. The molecule has 1 aromatic heterocycles. The van der Waals surface area contributed by atoms with Crippen molar-refractivity contribution < 1.29 is 17.7 Å². The molecule has 3 aromatic rings. The Kier molecular flexibility index (Phi) is 4.24. The lowest BCUT2D eigenvalue weighted by Crippen LogP contribution is -2.07. The van der Waals surface area contributed by atoms with Crippen molar-refractivity contribution in [2.45, 2.75) is 19.9 Å². The van der Waals surface area contributed by atoms with E-state index in [4.69, 9.17) is 4.52 Å². The summed E-state index contributed by atoms with van der Waals surface area (Å²) in [6.07, 6.45) is 0. The molecule has 0 saturated heterocycles. The summed E-state index contributed by atoms with van der Waals surface area (Å²) < 4.78 is 44.9. The SMILES string of the molecule is Cc1ccc(-c2noc(C(C)Nc3ccc(F)c(F)c3)n2)cc1F. The van der Waals surface area contributed by atoms with Gasteiger partial charge in [-0.05, 0) is 37.6 Å². The summed E-state index contributed by atoms with van der Waals surface area (Å²) in [5, 5.41) is 6.76. The van der Waals surface area contributed by atoms with Crippen LogP contribution in [0.5, 0.6) is 0 Å². The fourth-order valence-corrected chi connectivity index (χ4v) is 2.16. The van der Waals surface area contributed by atoms with Gasteiger partial charge in [-0.25, -0.2) is 13.2 Å². The molecular weight excluding hydrogens is 319 g/mol. The zero-order valence-electron chi connectivity index (χ0n) is 13.0. The first-order chi connectivity index (χ1) is 11.4. The van der Waals surface area contributed by atoms with E-state index >= 15 is 0 Å². The Labute approximate surface area is 136 Å². The van der Waals surface area contributed by atoms with E-state index in [1.165, 1.54) is 12.1 Å². The monoisotopic (exact) mass is 333 g/mol. The van der Waals surface area contributed by atoms with Crippen molar-refractivity contribution in [3.63, 3.8) is 0 Å². The molecule has 1 atom stereocenters. The third-order valence-corrected chi connectivity index (χ3v) is 3.54. The van der Waals surface area contributed by atoms with Gasteiger partial charge in [-0.15, -0.1) is 0 Å². The number of aromatic nitrogens is 2. The number of benzene rings is 2. The van der Waals surface area contributed by atoms with Crippen LogP contribution in [0.25, 0.3) is 11.4 Å². The number of nitrogens with zero attached hydrogens (tertiary/aromatic N) is 2. The minimum Gasteiger partial charge on any atom is -0.374 e. The first kappa shape index (κ1) is 16.0.